The number of aromatic nitrogens is 2. The van der Waals surface area contributed by atoms with Crippen LogP contribution < -0.4 is 14.9 Å². The maximum atomic E-state index is 14.1. The molecule has 0 spiro atoms. The third-order valence-corrected chi connectivity index (χ3v) is 8.64. The van der Waals surface area contributed by atoms with E-state index >= 15 is 0 Å². The molecule has 0 N–H and O–H groups in total. The first-order chi connectivity index (χ1) is 19.5. The van der Waals surface area contributed by atoms with Gasteiger partial charge in [0.1, 0.15) is 0 Å². The summed E-state index contributed by atoms with van der Waals surface area (Å²) in [5.41, 5.74) is 9.50. The van der Waals surface area contributed by atoms with E-state index in [1.54, 1.807) is 11.5 Å². The molecule has 0 radical (unpaired) electrons. The second-order valence-corrected chi connectivity index (χ2v) is 12.1. The van der Waals surface area contributed by atoms with Crippen LogP contribution >= 0.6 is 11.3 Å². The van der Waals surface area contributed by atoms with Gasteiger partial charge in [0.25, 0.3) is 5.56 Å². The molecule has 0 fully saturated rings. The van der Waals surface area contributed by atoms with Gasteiger partial charge in [-0.05, 0) is 99.6 Å². The zero-order valence-corrected chi connectivity index (χ0v) is 25.8. The van der Waals surface area contributed by atoms with Crippen molar-refractivity contribution in [2.75, 3.05) is 6.61 Å². The minimum absolute atomic E-state index is 0.169. The molecule has 0 aliphatic carbocycles. The molecule has 5 rings (SSSR count). The zero-order chi connectivity index (χ0) is 29.6. The molecule has 0 saturated carbocycles. The topological polar surface area (TPSA) is 65.6 Å². The van der Waals surface area contributed by atoms with Crippen molar-refractivity contribution in [1.29, 1.82) is 0 Å². The van der Waals surface area contributed by atoms with Gasteiger partial charge in [0.05, 0.1) is 28.5 Å². The average molecular weight is 568 g/mol. The quantitative estimate of drug-likeness (QED) is 0.271. The van der Waals surface area contributed by atoms with Gasteiger partial charge in [0.2, 0.25) is 0 Å². The van der Waals surface area contributed by atoms with E-state index in [2.05, 4.69) is 82.5 Å². The van der Waals surface area contributed by atoms with Gasteiger partial charge in [-0.15, -0.1) is 0 Å². The van der Waals surface area contributed by atoms with Crippen molar-refractivity contribution in [1.82, 2.24) is 9.13 Å². The van der Waals surface area contributed by atoms with Crippen molar-refractivity contribution in [2.45, 2.75) is 67.3 Å². The Labute approximate surface area is 245 Å². The van der Waals surface area contributed by atoms with Crippen molar-refractivity contribution < 1.29 is 9.53 Å². The zero-order valence-electron chi connectivity index (χ0n) is 25.0. The highest BCUT2D eigenvalue weighted by Gasteiger charge is 2.33. The number of aryl methyl sites for hydroxylation is 3. The molecule has 1 atom stereocenters. The minimum atomic E-state index is -0.614. The first-order valence-corrected chi connectivity index (χ1v) is 14.9. The number of thiazole rings is 1. The Kier molecular flexibility index (Phi) is 7.75. The highest BCUT2D eigenvalue weighted by molar-refractivity contribution is 7.07. The standard InChI is InChI=1S/C34H37N3O3S/c1-9-40-33(39)30-23(7)35-34-37(31(30)26-12-10-25(11-13-26)19(2)3)32(38)29(41-34)18-27-17-22(6)36(24(27)8)28-15-20(4)14-21(5)16-28/h10-19,31H,9H2,1-8H3/b29-18-/t31-/m0/s1. The second kappa shape index (κ2) is 11.1. The molecule has 41 heavy (non-hydrogen) atoms. The van der Waals surface area contributed by atoms with E-state index < -0.39 is 12.0 Å². The summed E-state index contributed by atoms with van der Waals surface area (Å²) in [5.74, 6) is -0.0754. The van der Waals surface area contributed by atoms with E-state index in [1.807, 2.05) is 25.1 Å². The summed E-state index contributed by atoms with van der Waals surface area (Å²) < 4.78 is 9.89. The number of hydrogen-bond donors (Lipinski definition) is 0. The lowest BCUT2D eigenvalue weighted by molar-refractivity contribution is -0.139. The van der Waals surface area contributed by atoms with E-state index in [1.165, 1.54) is 28.0 Å². The number of hydrogen-bond acceptors (Lipinski definition) is 5. The van der Waals surface area contributed by atoms with Gasteiger partial charge in [-0.1, -0.05) is 55.5 Å². The Bertz CT molecular complexity index is 1850. The molecule has 0 amide bonds. The van der Waals surface area contributed by atoms with Gasteiger partial charge in [0.15, 0.2) is 4.80 Å². The predicted octanol–water partition coefficient (Wildman–Crippen LogP) is 5.95. The lowest BCUT2D eigenvalue weighted by Crippen LogP contribution is -2.39. The molecule has 1 aliphatic rings. The molecule has 0 bridgehead atoms. The lowest BCUT2D eigenvalue weighted by atomic mass is 9.93. The largest absolute Gasteiger partial charge is 0.463 e. The van der Waals surface area contributed by atoms with Crippen LogP contribution in [-0.4, -0.2) is 21.7 Å². The number of benzene rings is 2. The van der Waals surface area contributed by atoms with E-state index in [4.69, 9.17) is 9.73 Å². The van der Waals surface area contributed by atoms with Crippen molar-refractivity contribution in [2.24, 2.45) is 4.99 Å². The molecule has 3 heterocycles. The number of allylic oxidation sites excluding steroid dienone is 1. The fourth-order valence-electron chi connectivity index (χ4n) is 5.72. The smallest absolute Gasteiger partial charge is 0.338 e. The van der Waals surface area contributed by atoms with E-state index in [0.717, 1.165) is 28.2 Å². The molecule has 7 heteroatoms. The van der Waals surface area contributed by atoms with Crippen LogP contribution in [0, 0.1) is 27.7 Å². The SMILES string of the molecule is CCOC(=O)C1=C(C)N=c2s/c(=C\c3cc(C)n(-c4cc(C)cc(C)c4)c3C)c(=O)n2[C@H]1c1ccc(C(C)C)cc1. The van der Waals surface area contributed by atoms with Crippen LogP contribution in [0.4, 0.5) is 0 Å². The third-order valence-electron chi connectivity index (χ3n) is 7.66. The molecule has 2 aromatic carbocycles. The Morgan fingerprint density at radius 2 is 1.68 bits per heavy atom. The number of nitrogens with zero attached hydrogens (tertiary/aromatic N) is 3. The number of carbonyl (C=O) groups is 1. The highest BCUT2D eigenvalue weighted by Crippen LogP contribution is 2.31. The van der Waals surface area contributed by atoms with Crippen LogP contribution in [0.1, 0.15) is 78.9 Å². The molecule has 2 aromatic heterocycles. The Balaban J connectivity index is 1.68. The fraction of sp³-hybridized carbons (Fsp3) is 0.324. The van der Waals surface area contributed by atoms with Crippen LogP contribution in [0.5, 0.6) is 0 Å². The Morgan fingerprint density at radius 3 is 2.29 bits per heavy atom. The van der Waals surface area contributed by atoms with Crippen LogP contribution in [0.2, 0.25) is 0 Å². The summed E-state index contributed by atoms with van der Waals surface area (Å²) in [6.45, 7) is 16.5. The van der Waals surface area contributed by atoms with Crippen molar-refractivity contribution in [3.05, 3.63) is 119 Å². The summed E-state index contributed by atoms with van der Waals surface area (Å²) >= 11 is 1.35. The third kappa shape index (κ3) is 5.26. The van der Waals surface area contributed by atoms with Crippen molar-refractivity contribution in [3.8, 4) is 5.69 Å². The van der Waals surface area contributed by atoms with Crippen LogP contribution in [0.3, 0.4) is 0 Å². The number of fused-ring (bicyclic) bond motifs is 1. The molecule has 4 aromatic rings. The molecule has 212 valence electrons. The number of rotatable bonds is 6. The number of carbonyl (C=O) groups excluding carboxylic acids is 1. The monoisotopic (exact) mass is 567 g/mol. The van der Waals surface area contributed by atoms with Gasteiger partial charge < -0.3 is 9.30 Å². The molecule has 0 unspecified atom stereocenters. The molecule has 1 aliphatic heterocycles. The van der Waals surface area contributed by atoms with Gasteiger partial charge in [-0.3, -0.25) is 9.36 Å². The molecular formula is C34H37N3O3S. The highest BCUT2D eigenvalue weighted by atomic mass is 32.1. The van der Waals surface area contributed by atoms with Crippen LogP contribution in [-0.2, 0) is 9.53 Å². The second-order valence-electron chi connectivity index (χ2n) is 11.1. The van der Waals surface area contributed by atoms with Gasteiger partial charge >= 0.3 is 5.97 Å². The first-order valence-electron chi connectivity index (χ1n) is 14.1. The summed E-state index contributed by atoms with van der Waals surface area (Å²) in [6, 6.07) is 16.2. The summed E-state index contributed by atoms with van der Waals surface area (Å²) in [4.78, 5) is 32.6. The first kappa shape index (κ1) is 28.6. The molecular weight excluding hydrogens is 530 g/mol. The average Bonchev–Trinajstić information content (AvgIpc) is 3.36. The maximum Gasteiger partial charge on any atom is 0.338 e. The van der Waals surface area contributed by atoms with Crippen molar-refractivity contribution in [3.63, 3.8) is 0 Å². The predicted molar refractivity (Wildman–Crippen MR) is 166 cm³/mol. The summed E-state index contributed by atoms with van der Waals surface area (Å²) in [5, 5.41) is 0. The lowest BCUT2D eigenvalue weighted by Gasteiger charge is -2.25. The van der Waals surface area contributed by atoms with Crippen LogP contribution in [0.25, 0.3) is 11.8 Å². The normalized spacial score (nSPS) is 15.3. The van der Waals surface area contributed by atoms with E-state index in [-0.39, 0.29) is 12.2 Å². The molecule has 6 nitrogen and oxygen atoms in total. The number of ether oxygens (including phenoxy) is 1. The van der Waals surface area contributed by atoms with Gasteiger partial charge in [-0.25, -0.2) is 9.79 Å². The van der Waals surface area contributed by atoms with Gasteiger partial charge in [0, 0.05) is 17.1 Å². The Hall–Kier alpha value is -3.97. The molecule has 0 saturated heterocycles. The van der Waals surface area contributed by atoms with Crippen molar-refractivity contribution >= 4 is 23.4 Å². The van der Waals surface area contributed by atoms with Crippen LogP contribution in [0.15, 0.2) is 69.6 Å². The number of esters is 1. The maximum absolute atomic E-state index is 14.1. The Morgan fingerprint density at radius 1 is 1.02 bits per heavy atom. The minimum Gasteiger partial charge on any atom is -0.463 e. The summed E-state index contributed by atoms with van der Waals surface area (Å²) in [7, 11) is 0. The van der Waals surface area contributed by atoms with E-state index in [9.17, 15) is 9.59 Å². The summed E-state index contributed by atoms with van der Waals surface area (Å²) in [6.07, 6.45) is 1.95. The van der Waals surface area contributed by atoms with Gasteiger partial charge in [-0.2, -0.15) is 0 Å². The fourth-order valence-corrected chi connectivity index (χ4v) is 6.76. The van der Waals surface area contributed by atoms with E-state index in [0.29, 0.717) is 26.5 Å².